The zero-order valence-corrected chi connectivity index (χ0v) is 12.7. The highest BCUT2D eigenvalue weighted by Gasteiger charge is 2.32. The second-order valence-corrected chi connectivity index (χ2v) is 6.40. The van der Waals surface area contributed by atoms with Crippen LogP contribution in [0, 0.1) is 12.8 Å². The van der Waals surface area contributed by atoms with Crippen LogP contribution in [0.4, 0.5) is 0 Å². The highest BCUT2D eigenvalue weighted by Crippen LogP contribution is 2.27. The number of halogens is 1. The minimum Gasteiger partial charge on any atom is -0.337 e. The van der Waals surface area contributed by atoms with E-state index in [1.807, 2.05) is 30.0 Å². The van der Waals surface area contributed by atoms with Gasteiger partial charge >= 0.3 is 0 Å². The molecular formula is C15H15ClN2OS. The monoisotopic (exact) mass is 306 g/mol. The first kappa shape index (κ1) is 13.6. The van der Waals surface area contributed by atoms with Crippen LogP contribution in [-0.2, 0) is 6.42 Å². The van der Waals surface area contributed by atoms with Crippen molar-refractivity contribution in [2.24, 2.45) is 5.92 Å². The maximum absolute atomic E-state index is 12.2. The van der Waals surface area contributed by atoms with Gasteiger partial charge in [0.05, 0.1) is 11.2 Å². The number of hydrogen-bond acceptors (Lipinski definition) is 3. The Morgan fingerprint density at radius 2 is 2.20 bits per heavy atom. The predicted octanol–water partition coefficient (Wildman–Crippen LogP) is 3.42. The van der Waals surface area contributed by atoms with Gasteiger partial charge in [0.25, 0.3) is 5.91 Å². The van der Waals surface area contributed by atoms with Crippen LogP contribution in [0.2, 0.25) is 5.02 Å². The second kappa shape index (κ2) is 5.54. The summed E-state index contributed by atoms with van der Waals surface area (Å²) in [7, 11) is 0. The molecule has 0 bridgehead atoms. The third-order valence-corrected chi connectivity index (χ3v) is 4.94. The molecule has 0 N–H and O–H groups in total. The largest absolute Gasteiger partial charge is 0.337 e. The van der Waals surface area contributed by atoms with Crippen LogP contribution in [0.15, 0.2) is 29.8 Å². The first-order valence-corrected chi connectivity index (χ1v) is 7.83. The van der Waals surface area contributed by atoms with Gasteiger partial charge in [-0.15, -0.1) is 11.3 Å². The lowest BCUT2D eigenvalue weighted by Gasteiger charge is -2.39. The van der Waals surface area contributed by atoms with Crippen LogP contribution >= 0.6 is 22.9 Å². The quantitative estimate of drug-likeness (QED) is 0.870. The van der Waals surface area contributed by atoms with Gasteiger partial charge in [0.15, 0.2) is 0 Å². The minimum atomic E-state index is 0.111. The summed E-state index contributed by atoms with van der Waals surface area (Å²) in [5.41, 5.74) is 3.72. The minimum absolute atomic E-state index is 0.111. The summed E-state index contributed by atoms with van der Waals surface area (Å²) >= 11 is 7.58. The summed E-state index contributed by atoms with van der Waals surface area (Å²) in [6, 6.07) is 7.91. The summed E-state index contributed by atoms with van der Waals surface area (Å²) in [5.74, 6) is 0.618. The van der Waals surface area contributed by atoms with Gasteiger partial charge < -0.3 is 4.90 Å². The van der Waals surface area contributed by atoms with Crippen molar-refractivity contribution in [3.63, 3.8) is 0 Å². The highest BCUT2D eigenvalue weighted by atomic mass is 35.5. The van der Waals surface area contributed by atoms with E-state index in [1.165, 1.54) is 16.9 Å². The van der Waals surface area contributed by atoms with Crippen molar-refractivity contribution in [2.45, 2.75) is 13.3 Å². The lowest BCUT2D eigenvalue weighted by Crippen LogP contribution is -2.50. The number of nitrogens with zero attached hydrogens (tertiary/aromatic N) is 2. The number of carbonyl (C=O) groups is 1. The first-order chi connectivity index (χ1) is 9.65. The zero-order chi connectivity index (χ0) is 14.1. The topological polar surface area (TPSA) is 33.2 Å². The molecular weight excluding hydrogens is 292 g/mol. The molecule has 1 saturated heterocycles. The average Bonchev–Trinajstić information content (AvgIpc) is 2.81. The van der Waals surface area contributed by atoms with Crippen molar-refractivity contribution in [2.75, 3.05) is 13.1 Å². The second-order valence-electron chi connectivity index (χ2n) is 5.14. The zero-order valence-electron chi connectivity index (χ0n) is 11.2. The Kier molecular flexibility index (Phi) is 3.76. The molecule has 2 heterocycles. The van der Waals surface area contributed by atoms with E-state index < -0.39 is 0 Å². The van der Waals surface area contributed by atoms with Gasteiger partial charge in [0.2, 0.25) is 0 Å². The van der Waals surface area contributed by atoms with Crippen LogP contribution in [0.3, 0.4) is 0 Å². The van der Waals surface area contributed by atoms with Crippen LogP contribution in [-0.4, -0.2) is 28.9 Å². The van der Waals surface area contributed by atoms with E-state index in [1.54, 1.807) is 5.51 Å². The molecule has 3 nitrogen and oxygen atoms in total. The van der Waals surface area contributed by atoms with Crippen LogP contribution in [0.1, 0.15) is 20.9 Å². The maximum Gasteiger partial charge on any atom is 0.265 e. The SMILES string of the molecule is Cc1ncsc1C(=O)N1CC(Cc2ccccc2Cl)C1. The van der Waals surface area contributed by atoms with E-state index in [2.05, 4.69) is 11.1 Å². The molecule has 1 amide bonds. The van der Waals surface area contributed by atoms with Crippen LogP contribution in [0.5, 0.6) is 0 Å². The molecule has 5 heteroatoms. The molecule has 1 aromatic heterocycles. The van der Waals surface area contributed by atoms with Gasteiger partial charge in [0, 0.05) is 18.1 Å². The summed E-state index contributed by atoms with van der Waals surface area (Å²) in [6.07, 6.45) is 0.936. The van der Waals surface area contributed by atoms with Gasteiger partial charge in [-0.2, -0.15) is 0 Å². The smallest absolute Gasteiger partial charge is 0.265 e. The predicted molar refractivity (Wildman–Crippen MR) is 81.4 cm³/mol. The Morgan fingerprint density at radius 3 is 2.85 bits per heavy atom. The molecule has 1 aromatic carbocycles. The maximum atomic E-state index is 12.2. The van der Waals surface area contributed by atoms with Crippen molar-refractivity contribution in [3.8, 4) is 0 Å². The van der Waals surface area contributed by atoms with Gasteiger partial charge in [0.1, 0.15) is 4.88 Å². The molecule has 0 aliphatic carbocycles. The first-order valence-electron chi connectivity index (χ1n) is 6.58. The molecule has 3 rings (SSSR count). The van der Waals surface area contributed by atoms with E-state index in [0.29, 0.717) is 5.92 Å². The number of benzene rings is 1. The van der Waals surface area contributed by atoms with Gasteiger partial charge in [-0.25, -0.2) is 4.98 Å². The van der Waals surface area contributed by atoms with Crippen LogP contribution in [0.25, 0.3) is 0 Å². The van der Waals surface area contributed by atoms with E-state index in [9.17, 15) is 4.79 Å². The van der Waals surface area contributed by atoms with Crippen molar-refractivity contribution >= 4 is 28.8 Å². The molecule has 1 aliphatic heterocycles. The molecule has 104 valence electrons. The van der Waals surface area contributed by atoms with Gasteiger partial charge in [-0.3, -0.25) is 4.79 Å². The fourth-order valence-corrected chi connectivity index (χ4v) is 3.47. The normalized spacial score (nSPS) is 15.2. The summed E-state index contributed by atoms with van der Waals surface area (Å²) in [4.78, 5) is 19.0. The summed E-state index contributed by atoms with van der Waals surface area (Å²) < 4.78 is 0. The molecule has 0 spiro atoms. The third kappa shape index (κ3) is 2.58. The van der Waals surface area contributed by atoms with E-state index in [4.69, 9.17) is 11.6 Å². The van der Waals surface area contributed by atoms with Gasteiger partial charge in [-0.1, -0.05) is 29.8 Å². The van der Waals surface area contributed by atoms with E-state index in [0.717, 1.165) is 35.1 Å². The molecule has 1 aliphatic rings. The van der Waals surface area contributed by atoms with Crippen LogP contribution < -0.4 is 0 Å². The number of aromatic nitrogens is 1. The molecule has 0 saturated carbocycles. The molecule has 20 heavy (non-hydrogen) atoms. The number of carbonyl (C=O) groups excluding carboxylic acids is 1. The Balaban J connectivity index is 1.58. The number of likely N-dealkylation sites (tertiary alicyclic amines) is 1. The number of aryl methyl sites for hydroxylation is 1. The molecule has 0 atom stereocenters. The fraction of sp³-hybridized carbons (Fsp3) is 0.333. The average molecular weight is 307 g/mol. The van der Waals surface area contributed by atoms with Crippen molar-refractivity contribution in [1.29, 1.82) is 0 Å². The fourth-order valence-electron chi connectivity index (χ4n) is 2.49. The van der Waals surface area contributed by atoms with Crippen molar-refractivity contribution < 1.29 is 4.79 Å². The Bertz CT molecular complexity index is 634. The number of hydrogen-bond donors (Lipinski definition) is 0. The lowest BCUT2D eigenvalue weighted by molar-refractivity contribution is 0.0505. The van der Waals surface area contributed by atoms with Crippen molar-refractivity contribution in [3.05, 3.63) is 50.9 Å². The number of rotatable bonds is 3. The highest BCUT2D eigenvalue weighted by molar-refractivity contribution is 7.11. The molecule has 0 radical (unpaired) electrons. The summed E-state index contributed by atoms with van der Waals surface area (Å²) in [6.45, 7) is 3.49. The lowest BCUT2D eigenvalue weighted by atomic mass is 9.92. The van der Waals surface area contributed by atoms with Crippen molar-refractivity contribution in [1.82, 2.24) is 9.88 Å². The molecule has 2 aromatic rings. The molecule has 1 fully saturated rings. The molecule has 0 unspecified atom stereocenters. The van der Waals surface area contributed by atoms with Gasteiger partial charge in [-0.05, 0) is 30.9 Å². The Hall–Kier alpha value is -1.39. The Morgan fingerprint density at radius 1 is 1.45 bits per heavy atom. The standard InChI is InChI=1S/C15H15ClN2OS/c1-10-14(20-9-17-10)15(19)18-7-11(8-18)6-12-4-2-3-5-13(12)16/h2-5,9,11H,6-8H2,1H3. The summed E-state index contributed by atoms with van der Waals surface area (Å²) in [5, 5.41) is 0.815. The number of amides is 1. The third-order valence-electron chi connectivity index (χ3n) is 3.65. The Labute approximate surface area is 127 Å². The van der Waals surface area contributed by atoms with E-state index in [-0.39, 0.29) is 5.91 Å². The van der Waals surface area contributed by atoms with E-state index >= 15 is 0 Å². The number of thiazole rings is 1.